The Morgan fingerprint density at radius 1 is 1.48 bits per heavy atom. The van der Waals surface area contributed by atoms with Crippen LogP contribution in [0, 0.1) is 0 Å². The molecule has 0 unspecified atom stereocenters. The zero-order valence-electron chi connectivity index (χ0n) is 12.2. The first-order valence-corrected chi connectivity index (χ1v) is 8.50. The highest BCUT2D eigenvalue weighted by atomic mass is 32.2. The Labute approximate surface area is 124 Å². The van der Waals surface area contributed by atoms with Gasteiger partial charge in [-0.3, -0.25) is 4.79 Å². The van der Waals surface area contributed by atoms with Gasteiger partial charge < -0.3 is 15.0 Å². The molecule has 0 aromatic carbocycles. The minimum absolute atomic E-state index is 0.0919. The van der Waals surface area contributed by atoms with Gasteiger partial charge in [0, 0.05) is 32.4 Å². The van der Waals surface area contributed by atoms with Crippen LogP contribution in [0.3, 0.4) is 0 Å². The number of hydrogen-bond donors (Lipinski definition) is 2. The van der Waals surface area contributed by atoms with Gasteiger partial charge in [-0.25, -0.2) is 8.42 Å². The quantitative estimate of drug-likeness (QED) is 0.814. The van der Waals surface area contributed by atoms with Crippen molar-refractivity contribution in [3.8, 4) is 0 Å². The number of amides is 1. The molecular weight excluding hydrogens is 294 g/mol. The summed E-state index contributed by atoms with van der Waals surface area (Å²) in [6.45, 7) is 5.07. The number of nitrogens with one attached hydrogen (secondary N) is 1. The third-order valence-electron chi connectivity index (χ3n) is 3.68. The van der Waals surface area contributed by atoms with Gasteiger partial charge in [-0.15, -0.1) is 0 Å². The number of H-pyrrole nitrogens is 1. The fraction of sp³-hybridized carbons (Fsp3) is 0.615. The van der Waals surface area contributed by atoms with E-state index in [4.69, 9.17) is 0 Å². The van der Waals surface area contributed by atoms with E-state index in [2.05, 4.69) is 4.98 Å². The van der Waals surface area contributed by atoms with Crippen LogP contribution < -0.4 is 0 Å². The molecule has 0 radical (unpaired) electrons. The molecule has 2 heterocycles. The fourth-order valence-corrected chi connectivity index (χ4v) is 3.91. The van der Waals surface area contributed by atoms with Crippen LogP contribution in [-0.4, -0.2) is 65.9 Å². The maximum absolute atomic E-state index is 12.3. The predicted octanol–water partition coefficient (Wildman–Crippen LogP) is 0.252. The van der Waals surface area contributed by atoms with Crippen LogP contribution in [0.2, 0.25) is 0 Å². The molecule has 1 saturated heterocycles. The van der Waals surface area contributed by atoms with Crippen LogP contribution in [-0.2, 0) is 10.0 Å². The number of likely N-dealkylation sites (tertiary alicyclic amines) is 1. The molecule has 1 amide bonds. The molecule has 0 spiro atoms. The summed E-state index contributed by atoms with van der Waals surface area (Å²) in [5, 5.41) is 9.46. The molecule has 118 valence electrons. The number of nitrogens with zero attached hydrogens (tertiary/aromatic N) is 2. The van der Waals surface area contributed by atoms with E-state index in [1.807, 2.05) is 0 Å². The van der Waals surface area contributed by atoms with E-state index < -0.39 is 16.1 Å². The topological polar surface area (TPSA) is 93.7 Å². The lowest BCUT2D eigenvalue weighted by Crippen LogP contribution is -2.30. The summed E-state index contributed by atoms with van der Waals surface area (Å²) in [5.41, 5.74) is 0.231. The van der Waals surface area contributed by atoms with Crippen molar-refractivity contribution < 1.29 is 18.3 Å². The van der Waals surface area contributed by atoms with Crippen molar-refractivity contribution in [2.24, 2.45) is 0 Å². The lowest BCUT2D eigenvalue weighted by molar-refractivity contribution is 0.0760. The third kappa shape index (κ3) is 3.12. The minimum atomic E-state index is -3.57. The number of carbonyl (C=O) groups excluding carboxylic acids is 1. The van der Waals surface area contributed by atoms with Gasteiger partial charge in [0.25, 0.3) is 5.91 Å². The van der Waals surface area contributed by atoms with Gasteiger partial charge in [0.2, 0.25) is 10.0 Å². The van der Waals surface area contributed by atoms with Gasteiger partial charge >= 0.3 is 0 Å². The van der Waals surface area contributed by atoms with E-state index in [1.54, 1.807) is 13.8 Å². The van der Waals surface area contributed by atoms with Crippen molar-refractivity contribution in [2.45, 2.75) is 31.3 Å². The number of aromatic amines is 1. The second-order valence-electron chi connectivity index (χ2n) is 5.03. The summed E-state index contributed by atoms with van der Waals surface area (Å²) in [4.78, 5) is 16.6. The molecule has 0 aliphatic carbocycles. The molecule has 1 aliphatic heterocycles. The first-order valence-electron chi connectivity index (χ1n) is 7.06. The highest BCUT2D eigenvalue weighted by Crippen LogP contribution is 2.19. The molecular formula is C13H21N3O4S. The highest BCUT2D eigenvalue weighted by Gasteiger charge is 2.28. The Morgan fingerprint density at radius 3 is 2.67 bits per heavy atom. The molecule has 8 heteroatoms. The zero-order valence-corrected chi connectivity index (χ0v) is 13.1. The summed E-state index contributed by atoms with van der Waals surface area (Å²) in [6.07, 6.45) is 1.40. The van der Waals surface area contributed by atoms with Crippen molar-refractivity contribution >= 4 is 15.9 Å². The van der Waals surface area contributed by atoms with Gasteiger partial charge in [0.15, 0.2) is 0 Å². The Hall–Kier alpha value is -1.38. The molecule has 2 rings (SSSR count). The second kappa shape index (κ2) is 6.17. The van der Waals surface area contributed by atoms with Crippen LogP contribution in [0.1, 0.15) is 30.8 Å². The largest absolute Gasteiger partial charge is 0.391 e. The highest BCUT2D eigenvalue weighted by molar-refractivity contribution is 7.89. The first kappa shape index (κ1) is 16.0. The Morgan fingerprint density at radius 2 is 2.14 bits per heavy atom. The number of sulfonamides is 1. The third-order valence-corrected chi connectivity index (χ3v) is 5.71. The van der Waals surface area contributed by atoms with Crippen LogP contribution in [0.5, 0.6) is 0 Å². The minimum Gasteiger partial charge on any atom is -0.391 e. The molecule has 2 N–H and O–H groups in total. The van der Waals surface area contributed by atoms with E-state index in [-0.39, 0.29) is 23.0 Å². The van der Waals surface area contributed by atoms with E-state index >= 15 is 0 Å². The molecule has 1 aromatic heterocycles. The predicted molar refractivity (Wildman–Crippen MR) is 77.4 cm³/mol. The van der Waals surface area contributed by atoms with Gasteiger partial charge in [0.05, 0.1) is 6.10 Å². The molecule has 7 nitrogen and oxygen atoms in total. The summed E-state index contributed by atoms with van der Waals surface area (Å²) in [5.74, 6) is -0.285. The first-order chi connectivity index (χ1) is 9.90. The summed E-state index contributed by atoms with van der Waals surface area (Å²) in [6, 6.07) is 1.36. The van der Waals surface area contributed by atoms with Crippen LogP contribution >= 0.6 is 0 Å². The maximum atomic E-state index is 12.3. The maximum Gasteiger partial charge on any atom is 0.270 e. The van der Waals surface area contributed by atoms with Gasteiger partial charge in [-0.05, 0) is 12.5 Å². The summed E-state index contributed by atoms with van der Waals surface area (Å²) >= 11 is 0. The van der Waals surface area contributed by atoms with E-state index in [0.717, 1.165) is 0 Å². The Kier molecular flexibility index (Phi) is 4.70. The molecule has 1 atom stereocenters. The molecule has 1 aliphatic rings. The van der Waals surface area contributed by atoms with Crippen LogP contribution in [0.25, 0.3) is 0 Å². The van der Waals surface area contributed by atoms with E-state index in [0.29, 0.717) is 26.1 Å². The summed E-state index contributed by atoms with van der Waals surface area (Å²) < 4.78 is 26.0. The Bertz CT molecular complexity index is 607. The number of hydrogen-bond acceptors (Lipinski definition) is 4. The molecule has 0 bridgehead atoms. The van der Waals surface area contributed by atoms with E-state index in [1.165, 1.54) is 21.5 Å². The van der Waals surface area contributed by atoms with Crippen molar-refractivity contribution in [1.82, 2.24) is 14.2 Å². The zero-order chi connectivity index (χ0) is 15.6. The lowest BCUT2D eigenvalue weighted by atomic mass is 10.3. The number of aromatic nitrogens is 1. The lowest BCUT2D eigenvalue weighted by Gasteiger charge is -2.17. The Balaban J connectivity index is 2.20. The normalized spacial score (nSPS) is 19.4. The standard InChI is InChI=1S/C13H21N3O4S/c1-3-16(4-2)21(19,20)11-7-12(14-8-11)13(18)15-6-5-10(17)9-15/h7-8,10,14,17H,3-6,9H2,1-2H3/t10-/m1/s1. The fourth-order valence-electron chi connectivity index (χ4n) is 2.46. The van der Waals surface area contributed by atoms with Crippen molar-refractivity contribution in [3.05, 3.63) is 18.0 Å². The van der Waals surface area contributed by atoms with Crippen molar-refractivity contribution in [3.63, 3.8) is 0 Å². The smallest absolute Gasteiger partial charge is 0.270 e. The van der Waals surface area contributed by atoms with Crippen molar-refractivity contribution in [2.75, 3.05) is 26.2 Å². The van der Waals surface area contributed by atoms with Gasteiger partial charge in [-0.1, -0.05) is 13.8 Å². The van der Waals surface area contributed by atoms with Gasteiger partial charge in [-0.2, -0.15) is 4.31 Å². The molecule has 21 heavy (non-hydrogen) atoms. The van der Waals surface area contributed by atoms with Crippen LogP contribution in [0.4, 0.5) is 0 Å². The molecule has 1 aromatic rings. The monoisotopic (exact) mass is 315 g/mol. The number of carbonyl (C=O) groups is 1. The molecule has 0 saturated carbocycles. The average molecular weight is 315 g/mol. The number of rotatable bonds is 5. The number of aliphatic hydroxyl groups is 1. The van der Waals surface area contributed by atoms with Crippen molar-refractivity contribution in [1.29, 1.82) is 0 Å². The molecule has 1 fully saturated rings. The number of β-amino-alcohol motifs (C(OH)–C–C–N with tert-alkyl or cyclic N) is 1. The summed E-state index contributed by atoms with van der Waals surface area (Å²) in [7, 11) is -3.57. The second-order valence-corrected chi connectivity index (χ2v) is 6.97. The van der Waals surface area contributed by atoms with E-state index in [9.17, 15) is 18.3 Å². The van der Waals surface area contributed by atoms with Crippen LogP contribution in [0.15, 0.2) is 17.2 Å². The number of aliphatic hydroxyl groups excluding tert-OH is 1. The SMILES string of the molecule is CCN(CC)S(=O)(=O)c1c[nH]c(C(=O)N2CC[C@@H](O)C2)c1. The average Bonchev–Trinajstić information content (AvgIpc) is 3.08. The van der Waals surface area contributed by atoms with Gasteiger partial charge in [0.1, 0.15) is 10.6 Å².